The summed E-state index contributed by atoms with van der Waals surface area (Å²) < 4.78 is 5.29. The monoisotopic (exact) mass is 448 g/mol. The van der Waals surface area contributed by atoms with Crippen molar-refractivity contribution in [2.24, 2.45) is 5.92 Å². The number of nitrogens with zero attached hydrogens (tertiary/aromatic N) is 2. The number of aromatic nitrogens is 1. The fourth-order valence-electron chi connectivity index (χ4n) is 3.93. The van der Waals surface area contributed by atoms with Crippen molar-refractivity contribution in [1.82, 2.24) is 4.98 Å². The second-order valence-electron chi connectivity index (χ2n) is 7.89. The van der Waals surface area contributed by atoms with E-state index >= 15 is 0 Å². The van der Waals surface area contributed by atoms with Gasteiger partial charge in [-0.25, -0.2) is 0 Å². The number of carbonyl (C=O) groups is 2. The normalized spacial score (nSPS) is 16.3. The Morgan fingerprint density at radius 2 is 1.94 bits per heavy atom. The molecule has 3 aromatic rings. The van der Waals surface area contributed by atoms with Gasteiger partial charge in [-0.3, -0.25) is 19.5 Å². The SMILES string of the molecule is COCc1ncccc1C1C(C(=O)C(C)C)=C(O)C(=O)N1c1ccc(-c2ccsc2)cc1. The lowest BCUT2D eigenvalue weighted by Crippen LogP contribution is -2.32. The molecule has 1 N–H and O–H groups in total. The summed E-state index contributed by atoms with van der Waals surface area (Å²) in [5.41, 5.74) is 4.06. The minimum Gasteiger partial charge on any atom is -0.503 e. The van der Waals surface area contributed by atoms with E-state index in [1.807, 2.05) is 41.8 Å². The van der Waals surface area contributed by atoms with Crippen molar-refractivity contribution < 1.29 is 19.4 Å². The van der Waals surface area contributed by atoms with Gasteiger partial charge in [-0.1, -0.05) is 32.0 Å². The molecular weight excluding hydrogens is 424 g/mol. The van der Waals surface area contributed by atoms with Gasteiger partial charge in [-0.05, 0) is 46.2 Å². The van der Waals surface area contributed by atoms with Gasteiger partial charge in [0.15, 0.2) is 11.5 Å². The summed E-state index contributed by atoms with van der Waals surface area (Å²) in [4.78, 5) is 32.2. The van der Waals surface area contributed by atoms with Gasteiger partial charge in [-0.2, -0.15) is 11.3 Å². The number of hydrogen-bond acceptors (Lipinski definition) is 6. The first-order valence-electron chi connectivity index (χ1n) is 10.3. The van der Waals surface area contributed by atoms with Crippen LogP contribution in [-0.2, 0) is 20.9 Å². The van der Waals surface area contributed by atoms with Crippen LogP contribution in [0.15, 0.2) is 70.8 Å². The number of hydrogen-bond donors (Lipinski definition) is 1. The molecular formula is C25H24N2O4S. The Morgan fingerprint density at radius 1 is 1.19 bits per heavy atom. The lowest BCUT2D eigenvalue weighted by Gasteiger charge is -2.28. The van der Waals surface area contributed by atoms with Crippen LogP contribution in [0, 0.1) is 5.92 Å². The third kappa shape index (κ3) is 3.85. The van der Waals surface area contributed by atoms with Gasteiger partial charge in [-0.15, -0.1) is 0 Å². The number of ketones is 1. The quantitative estimate of drug-likeness (QED) is 0.545. The maximum atomic E-state index is 13.2. The van der Waals surface area contributed by atoms with Gasteiger partial charge in [0.2, 0.25) is 0 Å². The molecule has 1 aromatic carbocycles. The molecule has 164 valence electrons. The Labute approximate surface area is 190 Å². The predicted octanol–water partition coefficient (Wildman–Crippen LogP) is 5.08. The molecule has 6 nitrogen and oxygen atoms in total. The molecule has 0 radical (unpaired) electrons. The molecule has 0 aliphatic carbocycles. The topological polar surface area (TPSA) is 79.7 Å². The van der Waals surface area contributed by atoms with E-state index in [4.69, 9.17) is 4.74 Å². The number of benzene rings is 1. The number of rotatable bonds is 7. The van der Waals surface area contributed by atoms with E-state index in [1.54, 1.807) is 44.6 Å². The van der Waals surface area contributed by atoms with Crippen LogP contribution < -0.4 is 4.90 Å². The van der Waals surface area contributed by atoms with Crippen LogP contribution in [0.2, 0.25) is 0 Å². The zero-order chi connectivity index (χ0) is 22.8. The second-order valence-corrected chi connectivity index (χ2v) is 8.67. The lowest BCUT2D eigenvalue weighted by atomic mass is 9.90. The maximum absolute atomic E-state index is 13.2. The number of thiophene rings is 1. The number of anilines is 1. The third-order valence-corrected chi connectivity index (χ3v) is 6.18. The van der Waals surface area contributed by atoms with Crippen molar-refractivity contribution in [2.75, 3.05) is 12.0 Å². The van der Waals surface area contributed by atoms with Crippen molar-refractivity contribution >= 4 is 28.7 Å². The first-order valence-corrected chi connectivity index (χ1v) is 11.2. The van der Waals surface area contributed by atoms with Gasteiger partial charge in [0, 0.05) is 30.5 Å². The van der Waals surface area contributed by atoms with E-state index < -0.39 is 17.7 Å². The fourth-order valence-corrected chi connectivity index (χ4v) is 4.59. The third-order valence-electron chi connectivity index (χ3n) is 5.50. The van der Waals surface area contributed by atoms with Crippen LogP contribution in [0.4, 0.5) is 5.69 Å². The highest BCUT2D eigenvalue weighted by atomic mass is 32.1. The fraction of sp³-hybridized carbons (Fsp3) is 0.240. The molecule has 4 rings (SSSR count). The number of methoxy groups -OCH3 is 1. The van der Waals surface area contributed by atoms with Crippen LogP contribution in [0.3, 0.4) is 0 Å². The Morgan fingerprint density at radius 3 is 2.56 bits per heavy atom. The predicted molar refractivity (Wildman–Crippen MR) is 124 cm³/mol. The maximum Gasteiger partial charge on any atom is 0.294 e. The first kappa shape index (κ1) is 21.9. The summed E-state index contributed by atoms with van der Waals surface area (Å²) in [5, 5.41) is 14.8. The molecule has 0 saturated carbocycles. The van der Waals surface area contributed by atoms with Crippen LogP contribution >= 0.6 is 11.3 Å². The zero-order valence-electron chi connectivity index (χ0n) is 18.1. The average molecular weight is 449 g/mol. The van der Waals surface area contributed by atoms with Crippen LogP contribution in [0.25, 0.3) is 11.1 Å². The zero-order valence-corrected chi connectivity index (χ0v) is 18.9. The number of carbonyl (C=O) groups excluding carboxylic acids is 2. The van der Waals surface area contributed by atoms with Gasteiger partial charge >= 0.3 is 0 Å². The van der Waals surface area contributed by atoms with Crippen molar-refractivity contribution in [1.29, 1.82) is 0 Å². The van der Waals surface area contributed by atoms with E-state index in [1.165, 1.54) is 4.90 Å². The number of aliphatic hydroxyl groups is 1. The molecule has 1 aliphatic rings. The van der Waals surface area contributed by atoms with Crippen LogP contribution in [0.5, 0.6) is 0 Å². The van der Waals surface area contributed by atoms with E-state index in [9.17, 15) is 14.7 Å². The summed E-state index contributed by atoms with van der Waals surface area (Å²) >= 11 is 1.61. The molecule has 0 saturated heterocycles. The highest BCUT2D eigenvalue weighted by Crippen LogP contribution is 2.43. The van der Waals surface area contributed by atoms with Crippen molar-refractivity contribution in [3.05, 3.63) is 82.0 Å². The number of ether oxygens (including phenoxy) is 1. The number of amides is 1. The van der Waals surface area contributed by atoms with Crippen LogP contribution in [0.1, 0.15) is 31.1 Å². The van der Waals surface area contributed by atoms with Gasteiger partial charge in [0.05, 0.1) is 23.9 Å². The molecule has 1 unspecified atom stereocenters. The molecule has 1 atom stereocenters. The van der Waals surface area contributed by atoms with E-state index in [0.29, 0.717) is 16.9 Å². The highest BCUT2D eigenvalue weighted by Gasteiger charge is 2.45. The molecule has 1 aliphatic heterocycles. The Hall–Kier alpha value is -3.29. The summed E-state index contributed by atoms with van der Waals surface area (Å²) in [6.45, 7) is 3.72. The Balaban J connectivity index is 1.84. The summed E-state index contributed by atoms with van der Waals surface area (Å²) in [6, 6.07) is 12.3. The van der Waals surface area contributed by atoms with Crippen molar-refractivity contribution in [2.45, 2.75) is 26.5 Å². The van der Waals surface area contributed by atoms with E-state index in [2.05, 4.69) is 10.4 Å². The smallest absolute Gasteiger partial charge is 0.294 e. The minimum absolute atomic E-state index is 0.0947. The highest BCUT2D eigenvalue weighted by molar-refractivity contribution is 7.08. The van der Waals surface area contributed by atoms with E-state index in [0.717, 1.165) is 11.1 Å². The standard InChI is InChI=1S/C25H24N2O4S/c1-15(2)23(28)21-22(19-5-4-11-26-20(19)13-31-3)27(25(30)24(21)29)18-8-6-16(7-9-18)17-10-12-32-14-17/h4-12,14-15,22,29H,13H2,1-3H3. The average Bonchev–Trinajstić information content (AvgIpc) is 3.42. The largest absolute Gasteiger partial charge is 0.503 e. The Kier molecular flexibility index (Phi) is 6.21. The summed E-state index contributed by atoms with van der Waals surface area (Å²) in [7, 11) is 1.56. The molecule has 3 heterocycles. The van der Waals surface area contributed by atoms with Crippen LogP contribution in [-0.4, -0.2) is 28.9 Å². The van der Waals surface area contributed by atoms with Gasteiger partial charge < -0.3 is 9.84 Å². The van der Waals surface area contributed by atoms with Crippen molar-refractivity contribution in [3.8, 4) is 11.1 Å². The molecule has 0 spiro atoms. The molecule has 1 amide bonds. The summed E-state index contributed by atoms with van der Waals surface area (Å²) in [5.74, 6) is -1.77. The molecule has 7 heteroatoms. The Bertz CT molecular complexity index is 1170. The first-order chi connectivity index (χ1) is 15.4. The van der Waals surface area contributed by atoms with E-state index in [-0.39, 0.29) is 23.9 Å². The number of Topliss-reactive ketones (excluding diaryl/α,β-unsaturated/α-hetero) is 1. The van der Waals surface area contributed by atoms with Crippen molar-refractivity contribution in [3.63, 3.8) is 0 Å². The minimum atomic E-state index is -0.789. The number of pyridine rings is 1. The lowest BCUT2D eigenvalue weighted by molar-refractivity contribution is -0.119. The second kappa shape index (κ2) is 9.06. The molecule has 2 aromatic heterocycles. The number of aliphatic hydroxyl groups excluding tert-OH is 1. The summed E-state index contributed by atoms with van der Waals surface area (Å²) in [6.07, 6.45) is 1.64. The molecule has 0 bridgehead atoms. The van der Waals surface area contributed by atoms with Gasteiger partial charge in [0.25, 0.3) is 5.91 Å². The van der Waals surface area contributed by atoms with Gasteiger partial charge in [0.1, 0.15) is 0 Å². The molecule has 0 fully saturated rings. The molecule has 32 heavy (non-hydrogen) atoms.